The van der Waals surface area contributed by atoms with E-state index in [1.807, 2.05) is 39.8 Å². The Balaban J connectivity index is 1.94. The van der Waals surface area contributed by atoms with Gasteiger partial charge in [-0.25, -0.2) is 4.79 Å². The fourth-order valence-corrected chi connectivity index (χ4v) is 2.65. The Morgan fingerprint density at radius 1 is 1.29 bits per heavy atom. The number of benzene rings is 1. The van der Waals surface area contributed by atoms with Gasteiger partial charge in [0.15, 0.2) is 0 Å². The highest BCUT2D eigenvalue weighted by atomic mass is 16.6. The van der Waals surface area contributed by atoms with Gasteiger partial charge in [0.05, 0.1) is 0 Å². The van der Waals surface area contributed by atoms with E-state index in [9.17, 15) is 9.90 Å². The van der Waals surface area contributed by atoms with Crippen LogP contribution < -0.4 is 0 Å². The number of rotatable bonds is 1. The summed E-state index contributed by atoms with van der Waals surface area (Å²) in [4.78, 5) is 13.8. The predicted molar refractivity (Wildman–Crippen MR) is 82.6 cm³/mol. The molecule has 0 spiro atoms. The maximum Gasteiger partial charge on any atom is 0.410 e. The Kier molecular flexibility index (Phi) is 4.45. The number of amides is 1. The molecule has 21 heavy (non-hydrogen) atoms. The molecule has 1 aromatic rings. The van der Waals surface area contributed by atoms with E-state index in [2.05, 4.69) is 0 Å². The van der Waals surface area contributed by atoms with E-state index in [1.165, 1.54) is 5.56 Å². The van der Waals surface area contributed by atoms with Crippen LogP contribution in [0.2, 0.25) is 0 Å². The number of hydrogen-bond acceptors (Lipinski definition) is 3. The van der Waals surface area contributed by atoms with E-state index in [1.54, 1.807) is 11.0 Å². The SMILES string of the molecule is Cc1cc(C2CCN(C(=O)OC(C)(C)C)CC2)ccc1O. The normalized spacial score (nSPS) is 16.9. The van der Waals surface area contributed by atoms with Gasteiger partial charge >= 0.3 is 6.09 Å². The Morgan fingerprint density at radius 2 is 1.90 bits per heavy atom. The first kappa shape index (κ1) is 15.7. The number of carbonyl (C=O) groups excluding carboxylic acids is 1. The number of hydrogen-bond donors (Lipinski definition) is 1. The van der Waals surface area contributed by atoms with Crippen molar-refractivity contribution in [3.8, 4) is 5.75 Å². The van der Waals surface area contributed by atoms with E-state index < -0.39 is 5.60 Å². The second-order valence-electron chi connectivity index (χ2n) is 6.79. The second kappa shape index (κ2) is 5.96. The number of nitrogens with zero attached hydrogens (tertiary/aromatic N) is 1. The van der Waals surface area contributed by atoms with Crippen LogP contribution in [0.3, 0.4) is 0 Å². The summed E-state index contributed by atoms with van der Waals surface area (Å²) in [6.07, 6.45) is 1.65. The average Bonchev–Trinajstić information content (AvgIpc) is 2.40. The minimum atomic E-state index is -0.442. The number of likely N-dealkylation sites (tertiary alicyclic amines) is 1. The van der Waals surface area contributed by atoms with Gasteiger partial charge in [0.25, 0.3) is 0 Å². The topological polar surface area (TPSA) is 49.8 Å². The van der Waals surface area contributed by atoms with Crippen LogP contribution in [0.5, 0.6) is 5.75 Å². The molecule has 1 aromatic carbocycles. The molecule has 0 atom stereocenters. The van der Waals surface area contributed by atoms with Crippen molar-refractivity contribution >= 4 is 6.09 Å². The van der Waals surface area contributed by atoms with Crippen LogP contribution in [0, 0.1) is 6.92 Å². The highest BCUT2D eigenvalue weighted by molar-refractivity contribution is 5.68. The Hall–Kier alpha value is -1.71. The number of aryl methyl sites for hydroxylation is 1. The maximum atomic E-state index is 12.0. The highest BCUT2D eigenvalue weighted by Crippen LogP contribution is 2.31. The molecule has 4 nitrogen and oxygen atoms in total. The van der Waals surface area contributed by atoms with Crippen molar-refractivity contribution in [2.24, 2.45) is 0 Å². The predicted octanol–water partition coefficient (Wildman–Crippen LogP) is 3.82. The molecule has 1 N–H and O–H groups in total. The first-order chi connectivity index (χ1) is 9.76. The van der Waals surface area contributed by atoms with Crippen LogP contribution in [-0.2, 0) is 4.74 Å². The van der Waals surface area contributed by atoms with Crippen LogP contribution in [0.4, 0.5) is 4.79 Å². The molecular formula is C17H25NO3. The summed E-state index contributed by atoms with van der Waals surface area (Å²) in [5.41, 5.74) is 1.71. The summed E-state index contributed by atoms with van der Waals surface area (Å²) in [6, 6.07) is 5.78. The van der Waals surface area contributed by atoms with Gasteiger partial charge in [-0.2, -0.15) is 0 Å². The van der Waals surface area contributed by atoms with Crippen LogP contribution in [0.25, 0.3) is 0 Å². The summed E-state index contributed by atoms with van der Waals surface area (Å²) in [5, 5.41) is 9.60. The van der Waals surface area contributed by atoms with E-state index >= 15 is 0 Å². The number of carbonyl (C=O) groups is 1. The van der Waals surface area contributed by atoms with E-state index in [0.717, 1.165) is 31.5 Å². The van der Waals surface area contributed by atoms with Crippen molar-refractivity contribution in [2.75, 3.05) is 13.1 Å². The molecule has 0 aromatic heterocycles. The van der Waals surface area contributed by atoms with Gasteiger partial charge in [0.1, 0.15) is 11.4 Å². The van der Waals surface area contributed by atoms with E-state index in [-0.39, 0.29) is 6.09 Å². The lowest BCUT2D eigenvalue weighted by Gasteiger charge is -2.33. The summed E-state index contributed by atoms with van der Waals surface area (Å²) in [5.74, 6) is 0.785. The summed E-state index contributed by atoms with van der Waals surface area (Å²) >= 11 is 0. The minimum Gasteiger partial charge on any atom is -0.508 e. The third-order valence-corrected chi connectivity index (χ3v) is 3.84. The molecular weight excluding hydrogens is 266 g/mol. The van der Waals surface area contributed by atoms with Crippen molar-refractivity contribution in [3.63, 3.8) is 0 Å². The smallest absolute Gasteiger partial charge is 0.410 e. The monoisotopic (exact) mass is 291 g/mol. The lowest BCUT2D eigenvalue weighted by atomic mass is 9.88. The number of aromatic hydroxyl groups is 1. The summed E-state index contributed by atoms with van der Waals surface area (Å²) in [7, 11) is 0. The summed E-state index contributed by atoms with van der Waals surface area (Å²) in [6.45, 7) is 9.01. The van der Waals surface area contributed by atoms with Crippen molar-refractivity contribution in [3.05, 3.63) is 29.3 Å². The molecule has 2 rings (SSSR count). The molecule has 1 aliphatic rings. The van der Waals surface area contributed by atoms with Crippen LogP contribution in [0.1, 0.15) is 50.7 Å². The Morgan fingerprint density at radius 3 is 2.43 bits per heavy atom. The molecule has 0 bridgehead atoms. The summed E-state index contributed by atoms with van der Waals surface area (Å²) < 4.78 is 5.41. The molecule has 0 unspecified atom stereocenters. The lowest BCUT2D eigenvalue weighted by Crippen LogP contribution is -2.41. The first-order valence-corrected chi connectivity index (χ1v) is 7.54. The quantitative estimate of drug-likeness (QED) is 0.856. The molecule has 116 valence electrons. The fraction of sp³-hybridized carbons (Fsp3) is 0.588. The zero-order valence-corrected chi connectivity index (χ0v) is 13.3. The standard InChI is InChI=1S/C17H25NO3/c1-12-11-14(5-6-15(12)19)13-7-9-18(10-8-13)16(20)21-17(2,3)4/h5-6,11,13,19H,7-10H2,1-4H3. The molecule has 1 heterocycles. The highest BCUT2D eigenvalue weighted by Gasteiger charge is 2.27. The van der Waals surface area contributed by atoms with Crippen molar-refractivity contribution in [2.45, 2.75) is 52.1 Å². The van der Waals surface area contributed by atoms with Crippen molar-refractivity contribution < 1.29 is 14.6 Å². The number of phenolic OH excluding ortho intramolecular Hbond substituents is 1. The number of ether oxygens (including phenoxy) is 1. The minimum absolute atomic E-state index is 0.220. The van der Waals surface area contributed by atoms with Gasteiger partial charge < -0.3 is 14.7 Å². The van der Waals surface area contributed by atoms with Gasteiger partial charge in [-0.3, -0.25) is 0 Å². The van der Waals surface area contributed by atoms with Crippen LogP contribution in [-0.4, -0.2) is 34.8 Å². The van der Waals surface area contributed by atoms with Gasteiger partial charge in [0.2, 0.25) is 0 Å². The van der Waals surface area contributed by atoms with E-state index in [0.29, 0.717) is 11.7 Å². The largest absolute Gasteiger partial charge is 0.508 e. The van der Waals surface area contributed by atoms with Crippen molar-refractivity contribution in [1.82, 2.24) is 4.90 Å². The van der Waals surface area contributed by atoms with Gasteiger partial charge in [-0.1, -0.05) is 12.1 Å². The third-order valence-electron chi connectivity index (χ3n) is 3.84. The molecule has 0 aliphatic carbocycles. The average molecular weight is 291 g/mol. The van der Waals surface area contributed by atoms with E-state index in [4.69, 9.17) is 4.74 Å². The Labute approximate surface area is 126 Å². The van der Waals surface area contributed by atoms with Gasteiger partial charge in [-0.05, 0) is 63.6 Å². The van der Waals surface area contributed by atoms with Gasteiger partial charge in [0, 0.05) is 13.1 Å². The lowest BCUT2D eigenvalue weighted by molar-refractivity contribution is 0.0205. The maximum absolute atomic E-state index is 12.0. The molecule has 1 aliphatic heterocycles. The third kappa shape index (κ3) is 4.13. The van der Waals surface area contributed by atoms with Gasteiger partial charge in [-0.15, -0.1) is 0 Å². The molecule has 0 saturated carbocycles. The zero-order valence-electron chi connectivity index (χ0n) is 13.3. The Bertz CT molecular complexity index is 511. The molecule has 4 heteroatoms. The van der Waals surface area contributed by atoms with Crippen LogP contribution in [0.15, 0.2) is 18.2 Å². The fourth-order valence-electron chi connectivity index (χ4n) is 2.65. The van der Waals surface area contributed by atoms with Crippen LogP contribution >= 0.6 is 0 Å². The number of piperidine rings is 1. The molecule has 1 fully saturated rings. The first-order valence-electron chi connectivity index (χ1n) is 7.54. The number of phenols is 1. The second-order valence-corrected chi connectivity index (χ2v) is 6.79. The molecule has 0 radical (unpaired) electrons. The molecule has 1 amide bonds. The zero-order chi connectivity index (χ0) is 15.6. The van der Waals surface area contributed by atoms with Crippen molar-refractivity contribution in [1.29, 1.82) is 0 Å². The molecule has 1 saturated heterocycles.